The molecule has 3 saturated heterocycles. The van der Waals surface area contributed by atoms with Crippen LogP contribution in [0.2, 0.25) is 5.02 Å². The minimum absolute atomic E-state index is 0.129. The molecule has 5 nitrogen and oxygen atoms in total. The Hall–Kier alpha value is -2.21. The third kappa shape index (κ3) is 2.39. The molecule has 138 valence electrons. The highest BCUT2D eigenvalue weighted by Crippen LogP contribution is 2.50. The average molecular weight is 382 g/mol. The SMILES string of the molecule is Cc1ccc(N2C(=O)[C@@H]3[C@H](C2=O)N2CCCN2[C@H]3c2ccccc2Cl)cc1. The molecule has 3 atom stereocenters. The van der Waals surface area contributed by atoms with Gasteiger partial charge in [-0.3, -0.25) is 9.59 Å². The minimum Gasteiger partial charge on any atom is -0.274 e. The lowest BCUT2D eigenvalue weighted by molar-refractivity contribution is -0.126. The van der Waals surface area contributed by atoms with E-state index in [1.54, 1.807) is 0 Å². The molecule has 0 unspecified atom stereocenters. The first-order chi connectivity index (χ1) is 13.1. The van der Waals surface area contributed by atoms with Crippen LogP contribution in [0.25, 0.3) is 0 Å². The topological polar surface area (TPSA) is 43.9 Å². The van der Waals surface area contributed by atoms with Crippen LogP contribution >= 0.6 is 11.6 Å². The fraction of sp³-hybridized carbons (Fsp3) is 0.333. The molecular formula is C21H20ClN3O2. The highest BCUT2D eigenvalue weighted by atomic mass is 35.5. The van der Waals surface area contributed by atoms with E-state index in [9.17, 15) is 9.59 Å². The van der Waals surface area contributed by atoms with Crippen molar-refractivity contribution in [1.29, 1.82) is 0 Å². The van der Waals surface area contributed by atoms with Crippen molar-refractivity contribution < 1.29 is 9.59 Å². The summed E-state index contributed by atoms with van der Waals surface area (Å²) >= 11 is 6.48. The number of hydrogen-bond acceptors (Lipinski definition) is 4. The van der Waals surface area contributed by atoms with Crippen LogP contribution in [-0.2, 0) is 9.59 Å². The number of hydrazine groups is 1. The second kappa shape index (κ2) is 6.16. The second-order valence-electron chi connectivity index (χ2n) is 7.46. The summed E-state index contributed by atoms with van der Waals surface area (Å²) in [7, 11) is 0. The van der Waals surface area contributed by atoms with Crippen molar-refractivity contribution >= 4 is 29.1 Å². The van der Waals surface area contributed by atoms with Gasteiger partial charge in [0.05, 0.1) is 17.6 Å². The van der Waals surface area contributed by atoms with Gasteiger partial charge in [-0.2, -0.15) is 0 Å². The van der Waals surface area contributed by atoms with Gasteiger partial charge in [-0.05, 0) is 37.1 Å². The predicted molar refractivity (Wildman–Crippen MR) is 103 cm³/mol. The summed E-state index contributed by atoms with van der Waals surface area (Å²) in [6.45, 7) is 3.62. The third-order valence-corrected chi connectivity index (χ3v) is 6.27. The number of amides is 2. The number of anilines is 1. The van der Waals surface area contributed by atoms with E-state index in [0.717, 1.165) is 30.6 Å². The Balaban J connectivity index is 1.60. The lowest BCUT2D eigenvalue weighted by atomic mass is 9.90. The number of nitrogens with zero attached hydrogens (tertiary/aromatic N) is 3. The molecule has 5 rings (SSSR count). The summed E-state index contributed by atoms with van der Waals surface area (Å²) in [5, 5.41) is 4.91. The second-order valence-corrected chi connectivity index (χ2v) is 7.87. The Morgan fingerprint density at radius 1 is 0.889 bits per heavy atom. The van der Waals surface area contributed by atoms with Crippen molar-refractivity contribution in [2.24, 2.45) is 5.92 Å². The van der Waals surface area contributed by atoms with Crippen LogP contribution in [0.3, 0.4) is 0 Å². The summed E-state index contributed by atoms with van der Waals surface area (Å²) in [6, 6.07) is 14.6. The van der Waals surface area contributed by atoms with Crippen molar-refractivity contribution in [1.82, 2.24) is 10.0 Å². The lowest BCUT2D eigenvalue weighted by Crippen LogP contribution is -2.44. The number of halogens is 1. The monoisotopic (exact) mass is 381 g/mol. The van der Waals surface area contributed by atoms with Gasteiger partial charge in [0.1, 0.15) is 6.04 Å². The van der Waals surface area contributed by atoms with Crippen LogP contribution in [0.5, 0.6) is 0 Å². The van der Waals surface area contributed by atoms with Gasteiger partial charge in [0, 0.05) is 18.1 Å². The van der Waals surface area contributed by atoms with Crippen LogP contribution < -0.4 is 4.90 Å². The quantitative estimate of drug-likeness (QED) is 0.749. The molecule has 0 N–H and O–H groups in total. The molecule has 3 heterocycles. The molecule has 0 radical (unpaired) electrons. The van der Waals surface area contributed by atoms with Crippen LogP contribution in [-0.4, -0.2) is 41.0 Å². The summed E-state index contributed by atoms with van der Waals surface area (Å²) in [5.41, 5.74) is 2.66. The summed E-state index contributed by atoms with van der Waals surface area (Å²) < 4.78 is 0. The molecule has 0 spiro atoms. The highest BCUT2D eigenvalue weighted by Gasteiger charge is 2.63. The molecule has 0 saturated carbocycles. The molecule has 2 aromatic carbocycles. The van der Waals surface area contributed by atoms with E-state index in [4.69, 9.17) is 11.6 Å². The molecule has 3 aliphatic rings. The van der Waals surface area contributed by atoms with E-state index in [1.165, 1.54) is 4.90 Å². The summed E-state index contributed by atoms with van der Waals surface area (Å²) in [4.78, 5) is 28.1. The molecule has 0 aromatic heterocycles. The first-order valence-corrected chi connectivity index (χ1v) is 9.68. The van der Waals surface area contributed by atoms with Crippen molar-refractivity contribution in [3.8, 4) is 0 Å². The number of carbonyl (C=O) groups is 2. The van der Waals surface area contributed by atoms with Gasteiger partial charge in [0.25, 0.3) is 5.91 Å². The molecule has 0 bridgehead atoms. The zero-order valence-corrected chi connectivity index (χ0v) is 15.8. The fourth-order valence-corrected chi connectivity index (χ4v) is 5.00. The number of imide groups is 1. The number of hydrogen-bond donors (Lipinski definition) is 0. The number of rotatable bonds is 2. The normalized spacial score (nSPS) is 28.1. The van der Waals surface area contributed by atoms with Crippen molar-refractivity contribution in [3.63, 3.8) is 0 Å². The van der Waals surface area contributed by atoms with E-state index in [0.29, 0.717) is 10.7 Å². The number of fused-ring (bicyclic) bond motifs is 3. The zero-order chi connectivity index (χ0) is 18.7. The van der Waals surface area contributed by atoms with Gasteiger partial charge >= 0.3 is 0 Å². The van der Waals surface area contributed by atoms with E-state index in [1.807, 2.05) is 55.5 Å². The first kappa shape index (κ1) is 16.9. The molecule has 3 aliphatic heterocycles. The number of carbonyl (C=O) groups excluding carboxylic acids is 2. The van der Waals surface area contributed by atoms with Crippen LogP contribution in [0.4, 0.5) is 5.69 Å². The van der Waals surface area contributed by atoms with Crippen LogP contribution in [0.15, 0.2) is 48.5 Å². The van der Waals surface area contributed by atoms with E-state index in [-0.39, 0.29) is 17.9 Å². The number of benzene rings is 2. The molecule has 3 fully saturated rings. The van der Waals surface area contributed by atoms with E-state index >= 15 is 0 Å². The van der Waals surface area contributed by atoms with Crippen molar-refractivity contribution in [2.45, 2.75) is 25.4 Å². The maximum Gasteiger partial charge on any atom is 0.253 e. The van der Waals surface area contributed by atoms with Gasteiger partial charge in [-0.1, -0.05) is 47.5 Å². The summed E-state index contributed by atoms with van der Waals surface area (Å²) in [6.07, 6.45) is 0.982. The van der Waals surface area contributed by atoms with Gasteiger partial charge in [-0.25, -0.2) is 14.9 Å². The lowest BCUT2D eigenvalue weighted by Gasteiger charge is -2.30. The Bertz CT molecular complexity index is 929. The van der Waals surface area contributed by atoms with Gasteiger partial charge in [0.2, 0.25) is 5.91 Å². The minimum atomic E-state index is -0.442. The first-order valence-electron chi connectivity index (χ1n) is 9.30. The molecular weight excluding hydrogens is 362 g/mol. The van der Waals surface area contributed by atoms with Gasteiger partial charge < -0.3 is 0 Å². The Morgan fingerprint density at radius 2 is 1.56 bits per heavy atom. The Labute approximate surface area is 163 Å². The highest BCUT2D eigenvalue weighted by molar-refractivity contribution is 6.31. The van der Waals surface area contributed by atoms with Gasteiger partial charge in [0.15, 0.2) is 0 Å². The maximum absolute atomic E-state index is 13.4. The molecule has 2 amide bonds. The van der Waals surface area contributed by atoms with Crippen molar-refractivity contribution in [3.05, 3.63) is 64.7 Å². The predicted octanol–water partition coefficient (Wildman–Crippen LogP) is 3.18. The standard InChI is InChI=1S/C21H20ClN3O2/c1-13-7-9-14(10-8-13)25-20(26)17-18(15-5-2-3-6-16(15)22)23-11-4-12-24(23)19(17)21(25)27/h2-3,5-10,17-19H,4,11-12H2,1H3/t17-,18-,19+/m0/s1. The fourth-order valence-electron chi connectivity index (χ4n) is 4.75. The van der Waals surface area contributed by atoms with Crippen LogP contribution in [0.1, 0.15) is 23.6 Å². The molecule has 2 aromatic rings. The van der Waals surface area contributed by atoms with Crippen LogP contribution in [0, 0.1) is 12.8 Å². The largest absolute Gasteiger partial charge is 0.274 e. The third-order valence-electron chi connectivity index (χ3n) is 5.92. The molecule has 27 heavy (non-hydrogen) atoms. The van der Waals surface area contributed by atoms with E-state index in [2.05, 4.69) is 10.0 Å². The number of aryl methyl sites for hydroxylation is 1. The zero-order valence-electron chi connectivity index (χ0n) is 15.0. The molecule has 6 heteroatoms. The van der Waals surface area contributed by atoms with E-state index < -0.39 is 12.0 Å². The van der Waals surface area contributed by atoms with Gasteiger partial charge in [-0.15, -0.1) is 0 Å². The van der Waals surface area contributed by atoms with Crippen molar-refractivity contribution in [2.75, 3.05) is 18.0 Å². The summed E-state index contributed by atoms with van der Waals surface area (Å²) in [5.74, 6) is -0.692. The average Bonchev–Trinajstić information content (AvgIpc) is 3.30. The molecule has 0 aliphatic carbocycles. The maximum atomic E-state index is 13.4. The Kier molecular flexibility index (Phi) is 3.86. The smallest absolute Gasteiger partial charge is 0.253 e. The Morgan fingerprint density at radius 3 is 2.26 bits per heavy atom.